The summed E-state index contributed by atoms with van der Waals surface area (Å²) >= 11 is 1.57. The van der Waals surface area contributed by atoms with Crippen LogP contribution in [0.1, 0.15) is 32.2 Å². The van der Waals surface area contributed by atoms with Gasteiger partial charge in [0.05, 0.1) is 22.7 Å². The van der Waals surface area contributed by atoms with Crippen molar-refractivity contribution in [1.29, 1.82) is 0 Å². The van der Waals surface area contributed by atoms with E-state index in [4.69, 9.17) is 4.52 Å². The Labute approximate surface area is 206 Å². The first kappa shape index (κ1) is 22.9. The number of thiophene rings is 1. The van der Waals surface area contributed by atoms with Crippen molar-refractivity contribution >= 4 is 28.8 Å². The average Bonchev–Trinajstić information content (AvgIpc) is 3.58. The highest BCUT2D eigenvalue weighted by Crippen LogP contribution is 2.25. The first-order chi connectivity index (χ1) is 17.1. The number of benzene rings is 1. The molecule has 5 rings (SSSR count). The molecule has 1 aliphatic rings. The summed E-state index contributed by atoms with van der Waals surface area (Å²) in [7, 11) is 0. The Morgan fingerprint density at radius 2 is 1.86 bits per heavy atom. The van der Waals surface area contributed by atoms with E-state index in [0.29, 0.717) is 61.3 Å². The number of hydrogen-bond acceptors (Lipinski definition) is 8. The Morgan fingerprint density at radius 1 is 1.06 bits per heavy atom. The van der Waals surface area contributed by atoms with Gasteiger partial charge < -0.3 is 14.7 Å². The number of pyridine rings is 1. The Hall–Kier alpha value is -3.89. The highest BCUT2D eigenvalue weighted by atomic mass is 32.1. The molecule has 1 aromatic carbocycles. The van der Waals surface area contributed by atoms with E-state index < -0.39 is 0 Å². The third-order valence-corrected chi connectivity index (χ3v) is 6.78. The maximum atomic E-state index is 13.4. The highest BCUT2D eigenvalue weighted by Gasteiger charge is 2.26. The minimum Gasteiger partial charge on any atom is -0.338 e. The SMILES string of the molecule is Cc1cccc(C(=O)N2CCN(Cc3nc(-c4cccs4)no3)CC2)c1NC(=O)c1ccncc1. The topological polar surface area (TPSA) is 104 Å². The molecular weight excluding hydrogens is 464 g/mol. The van der Waals surface area contributed by atoms with Crippen molar-refractivity contribution in [2.45, 2.75) is 13.5 Å². The summed E-state index contributed by atoms with van der Waals surface area (Å²) in [6.45, 7) is 4.93. The van der Waals surface area contributed by atoms with Crippen LogP contribution < -0.4 is 5.32 Å². The minimum atomic E-state index is -0.276. The van der Waals surface area contributed by atoms with Gasteiger partial charge in [-0.25, -0.2) is 0 Å². The number of anilines is 1. The van der Waals surface area contributed by atoms with Gasteiger partial charge in [-0.15, -0.1) is 11.3 Å². The minimum absolute atomic E-state index is 0.101. The number of aromatic nitrogens is 3. The summed E-state index contributed by atoms with van der Waals surface area (Å²) in [6.07, 6.45) is 3.13. The Morgan fingerprint density at radius 3 is 2.60 bits per heavy atom. The summed E-state index contributed by atoms with van der Waals surface area (Å²) in [5.41, 5.74) is 2.33. The summed E-state index contributed by atoms with van der Waals surface area (Å²) in [5, 5.41) is 8.96. The van der Waals surface area contributed by atoms with Gasteiger partial charge in [0, 0.05) is 44.1 Å². The normalized spacial score (nSPS) is 14.1. The van der Waals surface area contributed by atoms with Crippen LogP contribution >= 0.6 is 11.3 Å². The molecule has 1 aliphatic heterocycles. The lowest BCUT2D eigenvalue weighted by Gasteiger charge is -2.34. The molecule has 4 aromatic rings. The van der Waals surface area contributed by atoms with Gasteiger partial charge in [-0.2, -0.15) is 4.98 Å². The number of amides is 2. The molecule has 0 radical (unpaired) electrons. The van der Waals surface area contributed by atoms with Crippen molar-refractivity contribution in [3.05, 3.63) is 82.8 Å². The molecule has 0 spiro atoms. The Kier molecular flexibility index (Phi) is 6.64. The zero-order valence-corrected chi connectivity index (χ0v) is 20.0. The van der Waals surface area contributed by atoms with Crippen molar-refractivity contribution in [2.75, 3.05) is 31.5 Å². The van der Waals surface area contributed by atoms with Gasteiger partial charge >= 0.3 is 0 Å². The maximum absolute atomic E-state index is 13.4. The summed E-state index contributed by atoms with van der Waals surface area (Å²) in [5.74, 6) is 0.788. The predicted octanol–water partition coefficient (Wildman–Crippen LogP) is 3.71. The van der Waals surface area contributed by atoms with Crippen LogP contribution in [-0.4, -0.2) is 62.9 Å². The third-order valence-electron chi connectivity index (χ3n) is 5.91. The number of para-hydroxylation sites is 1. The first-order valence-electron chi connectivity index (χ1n) is 11.3. The molecule has 1 N–H and O–H groups in total. The molecule has 4 heterocycles. The number of nitrogens with zero attached hydrogens (tertiary/aromatic N) is 5. The molecule has 0 bridgehead atoms. The van der Waals surface area contributed by atoms with Crippen LogP contribution in [0.5, 0.6) is 0 Å². The second-order valence-corrected chi connectivity index (χ2v) is 9.19. The molecule has 3 aromatic heterocycles. The van der Waals surface area contributed by atoms with Gasteiger partial charge in [0.25, 0.3) is 11.8 Å². The fraction of sp³-hybridized carbons (Fsp3) is 0.240. The van der Waals surface area contributed by atoms with E-state index in [0.717, 1.165) is 10.4 Å². The number of carbonyl (C=O) groups is 2. The van der Waals surface area contributed by atoms with Crippen molar-refractivity contribution < 1.29 is 14.1 Å². The molecule has 0 aliphatic carbocycles. The first-order valence-corrected chi connectivity index (χ1v) is 12.2. The molecule has 0 unspecified atom stereocenters. The van der Waals surface area contributed by atoms with E-state index in [1.165, 1.54) is 0 Å². The number of nitrogens with one attached hydrogen (secondary N) is 1. The second-order valence-electron chi connectivity index (χ2n) is 8.24. The zero-order valence-electron chi connectivity index (χ0n) is 19.2. The van der Waals surface area contributed by atoms with Gasteiger partial charge in [0.2, 0.25) is 11.7 Å². The van der Waals surface area contributed by atoms with Crippen molar-refractivity contribution in [3.8, 4) is 10.7 Å². The van der Waals surface area contributed by atoms with Crippen LogP contribution in [0.4, 0.5) is 5.69 Å². The molecule has 0 atom stereocenters. The van der Waals surface area contributed by atoms with Crippen LogP contribution in [0.15, 0.2) is 64.8 Å². The van der Waals surface area contributed by atoms with Crippen LogP contribution in [-0.2, 0) is 6.54 Å². The van der Waals surface area contributed by atoms with E-state index in [1.54, 1.807) is 41.9 Å². The fourth-order valence-corrected chi connectivity index (χ4v) is 4.65. The van der Waals surface area contributed by atoms with Gasteiger partial charge in [-0.1, -0.05) is 23.4 Å². The van der Waals surface area contributed by atoms with E-state index >= 15 is 0 Å². The molecule has 1 saturated heterocycles. The molecule has 2 amide bonds. The van der Waals surface area contributed by atoms with Gasteiger partial charge in [-0.3, -0.25) is 19.5 Å². The maximum Gasteiger partial charge on any atom is 0.256 e. The lowest BCUT2D eigenvalue weighted by Crippen LogP contribution is -2.48. The quantitative estimate of drug-likeness (QED) is 0.441. The van der Waals surface area contributed by atoms with Gasteiger partial charge in [0.1, 0.15) is 0 Å². The molecule has 1 fully saturated rings. The number of hydrogen-bond donors (Lipinski definition) is 1. The zero-order chi connectivity index (χ0) is 24.2. The Balaban J connectivity index is 1.22. The van der Waals surface area contributed by atoms with Crippen LogP contribution in [0, 0.1) is 6.92 Å². The fourth-order valence-electron chi connectivity index (χ4n) is 4.00. The predicted molar refractivity (Wildman–Crippen MR) is 132 cm³/mol. The van der Waals surface area contributed by atoms with E-state index in [9.17, 15) is 9.59 Å². The van der Waals surface area contributed by atoms with E-state index in [1.807, 2.05) is 41.5 Å². The monoisotopic (exact) mass is 488 g/mol. The molecule has 0 saturated carbocycles. The number of carbonyl (C=O) groups excluding carboxylic acids is 2. The van der Waals surface area contributed by atoms with Crippen LogP contribution in [0.25, 0.3) is 10.7 Å². The molecular formula is C25H24N6O3S. The van der Waals surface area contributed by atoms with Crippen molar-refractivity contribution in [3.63, 3.8) is 0 Å². The van der Waals surface area contributed by atoms with Crippen molar-refractivity contribution in [2.24, 2.45) is 0 Å². The molecule has 9 nitrogen and oxygen atoms in total. The largest absolute Gasteiger partial charge is 0.338 e. The number of aryl methyl sites for hydroxylation is 1. The Bertz CT molecular complexity index is 1310. The van der Waals surface area contributed by atoms with Gasteiger partial charge in [-0.05, 0) is 42.1 Å². The summed E-state index contributed by atoms with van der Waals surface area (Å²) in [4.78, 5) is 39.5. The highest BCUT2D eigenvalue weighted by molar-refractivity contribution is 7.13. The number of piperazine rings is 1. The lowest BCUT2D eigenvalue weighted by atomic mass is 10.1. The van der Waals surface area contributed by atoms with Crippen LogP contribution in [0.2, 0.25) is 0 Å². The smallest absolute Gasteiger partial charge is 0.256 e. The lowest BCUT2D eigenvalue weighted by molar-refractivity contribution is 0.0616. The summed E-state index contributed by atoms with van der Waals surface area (Å²) < 4.78 is 5.42. The standard InChI is InChI=1S/C25H24N6O3S/c1-17-4-2-5-19(22(17)28-24(32)18-7-9-26-10-8-18)25(33)31-13-11-30(12-14-31)16-21-27-23(29-34-21)20-6-3-15-35-20/h2-10,15H,11-14,16H2,1H3,(H,28,32). The third kappa shape index (κ3) is 5.13. The molecule has 178 valence electrons. The van der Waals surface area contributed by atoms with Gasteiger partial charge in [0.15, 0.2) is 0 Å². The van der Waals surface area contributed by atoms with Crippen molar-refractivity contribution in [1.82, 2.24) is 24.9 Å². The van der Waals surface area contributed by atoms with E-state index in [-0.39, 0.29) is 11.8 Å². The number of rotatable bonds is 6. The second kappa shape index (κ2) is 10.2. The molecule has 10 heteroatoms. The van der Waals surface area contributed by atoms with E-state index in [2.05, 4.69) is 25.3 Å². The molecule has 35 heavy (non-hydrogen) atoms. The van der Waals surface area contributed by atoms with Crippen LogP contribution in [0.3, 0.4) is 0 Å². The summed E-state index contributed by atoms with van der Waals surface area (Å²) in [6, 6.07) is 12.7. The average molecular weight is 489 g/mol.